The van der Waals surface area contributed by atoms with Crippen molar-refractivity contribution in [1.29, 1.82) is 0 Å². The second kappa shape index (κ2) is 5.82. The Morgan fingerprint density at radius 2 is 2.32 bits per heavy atom. The van der Waals surface area contributed by atoms with E-state index in [1.165, 1.54) is 12.8 Å². The lowest BCUT2D eigenvalue weighted by atomic mass is 9.48. The molecule has 0 aromatic carbocycles. The summed E-state index contributed by atoms with van der Waals surface area (Å²) in [5.41, 5.74) is 2.01. The summed E-state index contributed by atoms with van der Waals surface area (Å²) in [7, 11) is 0. The Kier molecular flexibility index (Phi) is 4.02. The molecule has 0 radical (unpaired) electrons. The van der Waals surface area contributed by atoms with Crippen molar-refractivity contribution in [3.8, 4) is 0 Å². The van der Waals surface area contributed by atoms with Gasteiger partial charge in [0.25, 0.3) is 0 Å². The summed E-state index contributed by atoms with van der Waals surface area (Å²) in [6.07, 6.45) is 6.36. The van der Waals surface area contributed by atoms with E-state index in [0.29, 0.717) is 18.4 Å². The fourth-order valence-corrected chi connectivity index (χ4v) is 3.86. The number of fused-ring (bicyclic) bond motifs is 1. The molecule has 120 valence electrons. The van der Waals surface area contributed by atoms with Crippen molar-refractivity contribution in [2.24, 2.45) is 17.3 Å². The monoisotopic (exact) mass is 303 g/mol. The molecular weight excluding hydrogens is 278 g/mol. The van der Waals surface area contributed by atoms with Crippen LogP contribution >= 0.6 is 0 Å². The average Bonchev–Trinajstić information content (AvgIpc) is 2.90. The number of carbonyl (C=O) groups excluding carboxylic acids is 1. The molecule has 0 spiro atoms. The highest BCUT2D eigenvalue weighted by Gasteiger charge is 2.50. The maximum Gasteiger partial charge on any atom is 0.221 e. The Morgan fingerprint density at radius 3 is 2.95 bits per heavy atom. The molecule has 1 N–H and O–H groups in total. The number of aryl methyl sites for hydroxylation is 2. The summed E-state index contributed by atoms with van der Waals surface area (Å²) in [6, 6.07) is 0. The van der Waals surface area contributed by atoms with E-state index in [9.17, 15) is 4.79 Å². The van der Waals surface area contributed by atoms with Crippen molar-refractivity contribution >= 4 is 5.91 Å². The van der Waals surface area contributed by atoms with Crippen LogP contribution in [-0.2, 0) is 11.3 Å². The van der Waals surface area contributed by atoms with Crippen LogP contribution in [0.3, 0.4) is 0 Å². The number of amides is 1. The van der Waals surface area contributed by atoms with Crippen molar-refractivity contribution in [3.63, 3.8) is 0 Å². The Morgan fingerprint density at radius 1 is 1.50 bits per heavy atom. The third-order valence-corrected chi connectivity index (χ3v) is 5.58. The first-order valence-electron chi connectivity index (χ1n) is 8.17. The van der Waals surface area contributed by atoms with Gasteiger partial charge in [0.1, 0.15) is 5.82 Å². The van der Waals surface area contributed by atoms with Gasteiger partial charge in [0.15, 0.2) is 0 Å². The van der Waals surface area contributed by atoms with Crippen molar-refractivity contribution < 1.29 is 4.79 Å². The molecule has 2 bridgehead atoms. The maximum atomic E-state index is 11.9. The van der Waals surface area contributed by atoms with E-state index in [1.807, 2.05) is 6.92 Å². The quantitative estimate of drug-likeness (QED) is 0.814. The standard InChI is InChI=1S/C16H25N5O/c1-11-18-19-20-21(11)9-7-15(22)17-8-6-12-4-5-13-10-14(12)16(13,2)3/h4,13-14H,5-10H2,1-3H3,(H,17,22)/t13-,14-/m0/s1. The molecule has 6 heteroatoms. The van der Waals surface area contributed by atoms with Crippen molar-refractivity contribution in [1.82, 2.24) is 25.5 Å². The molecule has 0 aliphatic heterocycles. The Balaban J connectivity index is 1.39. The zero-order chi connectivity index (χ0) is 15.7. The molecule has 3 aliphatic rings. The molecular formula is C16H25N5O. The van der Waals surface area contributed by atoms with Crippen LogP contribution in [0.1, 0.15) is 45.4 Å². The van der Waals surface area contributed by atoms with Gasteiger partial charge in [-0.3, -0.25) is 4.79 Å². The predicted molar refractivity (Wildman–Crippen MR) is 82.9 cm³/mol. The van der Waals surface area contributed by atoms with Crippen LogP contribution in [0.4, 0.5) is 0 Å². The molecule has 1 fully saturated rings. The summed E-state index contributed by atoms with van der Waals surface area (Å²) in [5, 5.41) is 14.2. The van der Waals surface area contributed by atoms with Crippen LogP contribution in [0.25, 0.3) is 0 Å². The number of hydrogen-bond acceptors (Lipinski definition) is 4. The second-order valence-corrected chi connectivity index (χ2v) is 7.12. The van der Waals surface area contributed by atoms with Crippen LogP contribution in [0.5, 0.6) is 0 Å². The Labute approximate surface area is 131 Å². The summed E-state index contributed by atoms with van der Waals surface area (Å²) in [6.45, 7) is 7.86. The summed E-state index contributed by atoms with van der Waals surface area (Å²) in [5.74, 6) is 2.40. The number of rotatable bonds is 6. The Bertz CT molecular complexity index is 589. The number of hydrogen-bond donors (Lipinski definition) is 1. The van der Waals surface area contributed by atoms with Gasteiger partial charge in [-0.15, -0.1) is 5.10 Å². The van der Waals surface area contributed by atoms with E-state index < -0.39 is 0 Å². The SMILES string of the molecule is Cc1nnnn1CCC(=O)NCCC1=CC[C@H]2C[C@@H]1C2(C)C. The van der Waals surface area contributed by atoms with E-state index in [1.54, 1.807) is 10.3 Å². The molecule has 6 nitrogen and oxygen atoms in total. The van der Waals surface area contributed by atoms with E-state index in [2.05, 4.69) is 40.8 Å². The normalized spacial score (nSPS) is 25.3. The first-order chi connectivity index (χ1) is 10.5. The third-order valence-electron chi connectivity index (χ3n) is 5.58. The highest BCUT2D eigenvalue weighted by atomic mass is 16.1. The average molecular weight is 303 g/mol. The topological polar surface area (TPSA) is 72.7 Å². The highest BCUT2D eigenvalue weighted by Crippen LogP contribution is 2.59. The minimum Gasteiger partial charge on any atom is -0.356 e. The molecule has 0 unspecified atom stereocenters. The van der Waals surface area contributed by atoms with Gasteiger partial charge >= 0.3 is 0 Å². The van der Waals surface area contributed by atoms with Crippen LogP contribution in [0.2, 0.25) is 0 Å². The van der Waals surface area contributed by atoms with E-state index in [-0.39, 0.29) is 5.91 Å². The summed E-state index contributed by atoms with van der Waals surface area (Å²) in [4.78, 5) is 11.9. The van der Waals surface area contributed by atoms with Gasteiger partial charge in [-0.2, -0.15) is 0 Å². The lowest BCUT2D eigenvalue weighted by Crippen LogP contribution is -2.48. The third kappa shape index (κ3) is 2.78. The van der Waals surface area contributed by atoms with Crippen molar-refractivity contribution in [3.05, 3.63) is 17.5 Å². The number of allylic oxidation sites excluding steroid dienone is 1. The van der Waals surface area contributed by atoms with E-state index in [0.717, 1.165) is 30.6 Å². The zero-order valence-corrected chi connectivity index (χ0v) is 13.7. The smallest absolute Gasteiger partial charge is 0.221 e. The van der Waals surface area contributed by atoms with E-state index in [4.69, 9.17) is 0 Å². The molecule has 2 atom stereocenters. The zero-order valence-electron chi connectivity index (χ0n) is 13.7. The first kappa shape index (κ1) is 15.2. The fraction of sp³-hybridized carbons (Fsp3) is 0.750. The molecule has 1 saturated carbocycles. The van der Waals surface area contributed by atoms with Crippen LogP contribution < -0.4 is 5.32 Å². The highest BCUT2D eigenvalue weighted by molar-refractivity contribution is 5.75. The largest absolute Gasteiger partial charge is 0.356 e. The van der Waals surface area contributed by atoms with E-state index >= 15 is 0 Å². The molecule has 22 heavy (non-hydrogen) atoms. The minimum absolute atomic E-state index is 0.0667. The van der Waals surface area contributed by atoms with Crippen LogP contribution in [-0.4, -0.2) is 32.7 Å². The number of nitrogens with one attached hydrogen (secondary N) is 1. The van der Waals surface area contributed by atoms with Gasteiger partial charge in [0.2, 0.25) is 5.91 Å². The number of nitrogens with zero attached hydrogens (tertiary/aromatic N) is 4. The molecule has 0 saturated heterocycles. The van der Waals surface area contributed by atoms with Gasteiger partial charge in [-0.1, -0.05) is 25.5 Å². The molecule has 1 heterocycles. The second-order valence-electron chi connectivity index (χ2n) is 7.12. The van der Waals surface area contributed by atoms with Gasteiger partial charge in [0.05, 0.1) is 6.54 Å². The van der Waals surface area contributed by atoms with Crippen molar-refractivity contribution in [2.45, 2.75) is 53.0 Å². The maximum absolute atomic E-state index is 11.9. The number of carbonyl (C=O) groups is 1. The summed E-state index contributed by atoms with van der Waals surface area (Å²) < 4.78 is 1.65. The molecule has 4 rings (SSSR count). The van der Waals surface area contributed by atoms with Gasteiger partial charge in [0, 0.05) is 13.0 Å². The molecule has 1 aromatic rings. The van der Waals surface area contributed by atoms with Gasteiger partial charge < -0.3 is 5.32 Å². The Hall–Kier alpha value is -1.72. The molecule has 1 aromatic heterocycles. The van der Waals surface area contributed by atoms with Crippen LogP contribution in [0, 0.1) is 24.2 Å². The minimum atomic E-state index is 0.0667. The lowest BCUT2D eigenvalue weighted by Gasteiger charge is -2.56. The summed E-state index contributed by atoms with van der Waals surface area (Å²) >= 11 is 0. The van der Waals surface area contributed by atoms with Crippen molar-refractivity contribution in [2.75, 3.05) is 6.54 Å². The number of aromatic nitrogens is 4. The molecule has 1 amide bonds. The predicted octanol–water partition coefficient (Wildman–Crippen LogP) is 1.87. The molecule has 3 aliphatic carbocycles. The first-order valence-corrected chi connectivity index (χ1v) is 8.17. The fourth-order valence-electron chi connectivity index (χ4n) is 3.86. The lowest BCUT2D eigenvalue weighted by molar-refractivity contribution is -0.121. The number of tetrazole rings is 1. The van der Waals surface area contributed by atoms with Gasteiger partial charge in [-0.05, 0) is 53.9 Å². The van der Waals surface area contributed by atoms with Gasteiger partial charge in [-0.25, -0.2) is 4.68 Å². The van der Waals surface area contributed by atoms with Crippen LogP contribution in [0.15, 0.2) is 11.6 Å².